The summed E-state index contributed by atoms with van der Waals surface area (Å²) in [4.78, 5) is 31.6. The van der Waals surface area contributed by atoms with E-state index >= 15 is 0 Å². The molecular weight excluding hydrogens is 680 g/mol. The molecule has 1 aromatic heterocycles. The van der Waals surface area contributed by atoms with Crippen LogP contribution in [-0.2, 0) is 31.8 Å². The first-order chi connectivity index (χ1) is 22.1. The molecule has 266 valence electrons. The first-order valence-corrected chi connectivity index (χ1v) is 14.8. The molecule has 0 spiro atoms. The lowest BCUT2D eigenvalue weighted by Crippen LogP contribution is -2.42. The highest BCUT2D eigenvalue weighted by atomic mass is 35.5. The number of carbonyl (C=O) groups is 1. The number of aromatic nitrogens is 1. The van der Waals surface area contributed by atoms with Crippen LogP contribution in [0.3, 0.4) is 0 Å². The van der Waals surface area contributed by atoms with Crippen molar-refractivity contribution in [3.8, 4) is 0 Å². The molecule has 2 aromatic rings. The van der Waals surface area contributed by atoms with Gasteiger partial charge in [0.1, 0.15) is 23.3 Å². The molecule has 48 heavy (non-hydrogen) atoms. The number of halogens is 7. The fourth-order valence-electron chi connectivity index (χ4n) is 4.19. The summed E-state index contributed by atoms with van der Waals surface area (Å²) >= 11 is 5.72. The summed E-state index contributed by atoms with van der Waals surface area (Å²) in [5, 5.41) is 17.4. The van der Waals surface area contributed by atoms with Gasteiger partial charge in [-0.1, -0.05) is 41.9 Å². The van der Waals surface area contributed by atoms with Crippen LogP contribution in [0.5, 0.6) is 0 Å². The number of pyridine rings is 1. The van der Waals surface area contributed by atoms with Gasteiger partial charge in [0.15, 0.2) is 5.69 Å². The summed E-state index contributed by atoms with van der Waals surface area (Å²) in [7, 11) is 0. The standard InChI is InChI=1S/C29H34ClF6N5O7/c1-26(2,3)48-25(42)37-16-27(4,5)45-13-9-12-18(28(31,32)33)23-39-40(46-15-17-10-7-6-8-11-17)24(47-23)21-20(41(43)44)14-19(22(30)38-21)29(34,35)36/h6-8,10-11,14,18,24H,9,12-13,15-16H2,1-5H3,(H,37,42). The first-order valence-electron chi connectivity index (χ1n) is 14.4. The fourth-order valence-corrected chi connectivity index (χ4v) is 4.44. The van der Waals surface area contributed by atoms with Gasteiger partial charge in [-0.25, -0.2) is 14.6 Å². The lowest BCUT2D eigenvalue weighted by molar-refractivity contribution is -0.387. The highest BCUT2D eigenvalue weighted by Crippen LogP contribution is 2.43. The van der Waals surface area contributed by atoms with Crippen LogP contribution in [-0.4, -0.2) is 57.6 Å². The molecule has 1 aliphatic rings. The van der Waals surface area contributed by atoms with Crippen molar-refractivity contribution in [2.75, 3.05) is 13.2 Å². The number of hydrogen-bond donors (Lipinski definition) is 1. The number of benzene rings is 1. The molecule has 1 N–H and O–H groups in total. The van der Waals surface area contributed by atoms with Crippen molar-refractivity contribution in [3.63, 3.8) is 0 Å². The third-order valence-corrected chi connectivity index (χ3v) is 6.73. The molecule has 1 amide bonds. The van der Waals surface area contributed by atoms with Crippen LogP contribution in [0.2, 0.25) is 5.15 Å². The molecule has 0 bridgehead atoms. The van der Waals surface area contributed by atoms with Gasteiger partial charge in [-0.3, -0.25) is 10.1 Å². The van der Waals surface area contributed by atoms with Crippen LogP contribution in [0.4, 0.5) is 36.8 Å². The Hall–Kier alpha value is -3.90. The van der Waals surface area contributed by atoms with Gasteiger partial charge in [-0.05, 0) is 53.0 Å². The second-order valence-corrected chi connectivity index (χ2v) is 12.5. The molecule has 19 heteroatoms. The Morgan fingerprint density at radius 1 is 1.12 bits per heavy atom. The van der Waals surface area contributed by atoms with Crippen LogP contribution in [0.15, 0.2) is 41.5 Å². The van der Waals surface area contributed by atoms with E-state index in [-0.39, 0.29) is 32.2 Å². The van der Waals surface area contributed by atoms with Gasteiger partial charge in [0.25, 0.3) is 11.9 Å². The summed E-state index contributed by atoms with van der Waals surface area (Å²) in [5.74, 6) is -3.36. The highest BCUT2D eigenvalue weighted by Gasteiger charge is 2.50. The van der Waals surface area contributed by atoms with Crippen LogP contribution >= 0.6 is 11.6 Å². The molecule has 0 fully saturated rings. The van der Waals surface area contributed by atoms with Crippen molar-refractivity contribution < 1.29 is 55.1 Å². The number of nitrogens with zero attached hydrogens (tertiary/aromatic N) is 4. The maximum absolute atomic E-state index is 14.3. The van der Waals surface area contributed by atoms with Gasteiger partial charge < -0.3 is 19.5 Å². The van der Waals surface area contributed by atoms with Crippen LogP contribution in [0.1, 0.15) is 70.5 Å². The molecule has 12 nitrogen and oxygen atoms in total. The highest BCUT2D eigenvalue weighted by molar-refractivity contribution is 6.30. The maximum atomic E-state index is 14.3. The van der Waals surface area contributed by atoms with Gasteiger partial charge >= 0.3 is 18.4 Å². The van der Waals surface area contributed by atoms with Gasteiger partial charge in [-0.2, -0.15) is 26.3 Å². The van der Waals surface area contributed by atoms with Crippen LogP contribution < -0.4 is 5.32 Å². The van der Waals surface area contributed by atoms with Crippen molar-refractivity contribution in [2.24, 2.45) is 11.0 Å². The molecule has 1 aromatic carbocycles. The zero-order valence-electron chi connectivity index (χ0n) is 26.4. The average Bonchev–Trinajstić information content (AvgIpc) is 3.36. The van der Waals surface area contributed by atoms with Crippen LogP contribution in [0, 0.1) is 16.0 Å². The van der Waals surface area contributed by atoms with Crippen molar-refractivity contribution in [3.05, 3.63) is 68.5 Å². The van der Waals surface area contributed by atoms with E-state index in [0.29, 0.717) is 10.7 Å². The topological polar surface area (TPSA) is 138 Å². The molecule has 0 saturated carbocycles. The van der Waals surface area contributed by atoms with Crippen LogP contribution in [0.25, 0.3) is 0 Å². The Labute approximate surface area is 276 Å². The van der Waals surface area contributed by atoms with E-state index in [1.165, 1.54) is 0 Å². The third kappa shape index (κ3) is 11.1. The van der Waals surface area contributed by atoms with Gasteiger partial charge in [-0.15, -0.1) is 10.3 Å². The average molecular weight is 714 g/mol. The Bertz CT molecular complexity index is 1470. The molecule has 0 saturated heterocycles. The molecule has 2 heterocycles. The monoisotopic (exact) mass is 713 g/mol. The SMILES string of the molecule is CC(C)(C)OC(=O)NCC(C)(C)OCCCC(C1=NN(OCc2ccccc2)C(c2nc(Cl)c(C(F)(F)F)cc2[N+](=O)[O-])O1)C(F)(F)F. The van der Waals surface area contributed by atoms with Crippen molar-refractivity contribution in [1.29, 1.82) is 0 Å². The Morgan fingerprint density at radius 3 is 2.33 bits per heavy atom. The van der Waals surface area contributed by atoms with Gasteiger partial charge in [0.05, 0.1) is 16.1 Å². The number of hydroxylamine groups is 1. The van der Waals surface area contributed by atoms with E-state index in [1.54, 1.807) is 65.0 Å². The largest absolute Gasteiger partial charge is 0.445 e. The van der Waals surface area contributed by atoms with E-state index in [4.69, 9.17) is 30.6 Å². The van der Waals surface area contributed by atoms with Crippen molar-refractivity contribution >= 4 is 29.3 Å². The van der Waals surface area contributed by atoms with Crippen molar-refractivity contribution in [1.82, 2.24) is 15.5 Å². The van der Waals surface area contributed by atoms with E-state index in [0.717, 1.165) is 0 Å². The second kappa shape index (κ2) is 15.1. The smallest absolute Gasteiger partial charge is 0.419 e. The Kier molecular flexibility index (Phi) is 12.1. The van der Waals surface area contributed by atoms with E-state index in [1.807, 2.05) is 0 Å². The molecule has 1 aliphatic heterocycles. The minimum Gasteiger partial charge on any atom is -0.445 e. The summed E-state index contributed by atoms with van der Waals surface area (Å²) in [6.45, 7) is 7.73. The quantitative estimate of drug-likeness (QED) is 0.0727. The number of ether oxygens (including phenoxy) is 3. The number of nitrogens with one attached hydrogen (secondary N) is 1. The third-order valence-electron chi connectivity index (χ3n) is 6.44. The molecular formula is C29H34ClF6N5O7. The molecule has 3 rings (SSSR count). The number of hydrogen-bond acceptors (Lipinski definition) is 10. The normalized spacial score (nSPS) is 16.3. The molecule has 2 atom stereocenters. The minimum absolute atomic E-state index is 0.0166. The van der Waals surface area contributed by atoms with E-state index < -0.39 is 81.1 Å². The lowest BCUT2D eigenvalue weighted by Gasteiger charge is -2.27. The molecule has 0 radical (unpaired) electrons. The molecule has 2 unspecified atom stereocenters. The number of alkyl carbamates (subject to hydrolysis) is 1. The minimum atomic E-state index is -5.13. The van der Waals surface area contributed by atoms with Crippen molar-refractivity contribution in [2.45, 2.75) is 83.8 Å². The predicted molar refractivity (Wildman–Crippen MR) is 158 cm³/mol. The summed E-state index contributed by atoms with van der Waals surface area (Å²) in [5.41, 5.74) is -4.96. The number of hydrazone groups is 1. The summed E-state index contributed by atoms with van der Waals surface area (Å²) < 4.78 is 99.7. The van der Waals surface area contributed by atoms with E-state index in [9.17, 15) is 41.3 Å². The van der Waals surface area contributed by atoms with Gasteiger partial charge in [0, 0.05) is 19.2 Å². The number of rotatable bonds is 13. The van der Waals surface area contributed by atoms with E-state index in [2.05, 4.69) is 15.4 Å². The summed E-state index contributed by atoms with van der Waals surface area (Å²) in [6, 6.07) is 8.30. The van der Waals surface area contributed by atoms with Gasteiger partial charge in [0.2, 0.25) is 5.90 Å². The molecule has 0 aliphatic carbocycles. The zero-order chi connectivity index (χ0) is 36.1. The number of nitro groups is 1. The maximum Gasteiger partial charge on any atom is 0.419 e. The summed E-state index contributed by atoms with van der Waals surface area (Å²) in [6.07, 6.45) is -13.6. The Balaban J connectivity index is 1.83. The number of carbonyl (C=O) groups excluding carboxylic acids is 1. The predicted octanol–water partition coefficient (Wildman–Crippen LogP) is 7.72. The zero-order valence-corrected chi connectivity index (χ0v) is 27.2. The Morgan fingerprint density at radius 2 is 1.77 bits per heavy atom. The number of amides is 1. The fraction of sp³-hybridized carbons (Fsp3) is 0.552. The number of alkyl halides is 6. The second-order valence-electron chi connectivity index (χ2n) is 12.2. The lowest BCUT2D eigenvalue weighted by atomic mass is 10.0. The first kappa shape index (κ1) is 38.5.